The summed E-state index contributed by atoms with van der Waals surface area (Å²) in [5, 5.41) is 3.46. The van der Waals surface area contributed by atoms with Gasteiger partial charge in [-0.25, -0.2) is 9.38 Å². The third-order valence-corrected chi connectivity index (χ3v) is 4.59. The number of methoxy groups -OCH3 is 1. The van der Waals surface area contributed by atoms with E-state index in [4.69, 9.17) is 13.6 Å². The highest BCUT2D eigenvalue weighted by atomic mass is 19.1. The van der Waals surface area contributed by atoms with Crippen molar-refractivity contribution >= 4 is 22.6 Å². The standard InChI is InChI=1S/C23H19FN2O4/c1-14-8-9-16(12-19(14)24)26-23-18(22(27)25-13-17-6-4-10-29-17)11-15-5-3-7-20(28-2)21(15)30-23/h3-12H,13H2,1-2H3,(H,25,27). The molecule has 152 valence electrons. The van der Waals surface area contributed by atoms with Gasteiger partial charge >= 0.3 is 0 Å². The van der Waals surface area contributed by atoms with Crippen LogP contribution in [0.25, 0.3) is 11.0 Å². The highest BCUT2D eigenvalue weighted by Crippen LogP contribution is 2.25. The van der Waals surface area contributed by atoms with E-state index in [1.165, 1.54) is 19.4 Å². The Hall–Kier alpha value is -3.87. The van der Waals surface area contributed by atoms with Crippen LogP contribution in [0.1, 0.15) is 21.7 Å². The Morgan fingerprint density at radius 2 is 2.03 bits per heavy atom. The predicted molar refractivity (Wildman–Crippen MR) is 109 cm³/mol. The second-order valence-corrected chi connectivity index (χ2v) is 6.65. The first-order valence-corrected chi connectivity index (χ1v) is 9.27. The van der Waals surface area contributed by atoms with Crippen LogP contribution in [0, 0.1) is 12.7 Å². The van der Waals surface area contributed by atoms with E-state index in [9.17, 15) is 9.18 Å². The summed E-state index contributed by atoms with van der Waals surface area (Å²) >= 11 is 0. The molecule has 0 aliphatic rings. The molecule has 4 aromatic rings. The Kier molecular flexibility index (Phi) is 5.34. The van der Waals surface area contributed by atoms with Crippen LogP contribution < -0.4 is 15.6 Å². The van der Waals surface area contributed by atoms with Crippen molar-refractivity contribution in [3.63, 3.8) is 0 Å². The van der Waals surface area contributed by atoms with Gasteiger partial charge in [-0.1, -0.05) is 18.2 Å². The summed E-state index contributed by atoms with van der Waals surface area (Å²) in [6.07, 6.45) is 1.53. The molecule has 2 aromatic carbocycles. The average molecular weight is 406 g/mol. The van der Waals surface area contributed by atoms with Crippen molar-refractivity contribution in [3.05, 3.63) is 89.1 Å². The molecule has 0 spiro atoms. The van der Waals surface area contributed by atoms with Crippen LogP contribution >= 0.6 is 0 Å². The number of aryl methyl sites for hydroxylation is 1. The third kappa shape index (κ3) is 3.96. The number of fused-ring (bicyclic) bond motifs is 1. The summed E-state index contributed by atoms with van der Waals surface area (Å²) in [6.45, 7) is 1.87. The van der Waals surface area contributed by atoms with E-state index in [-0.39, 0.29) is 17.7 Å². The number of carbonyl (C=O) groups excluding carboxylic acids is 1. The second-order valence-electron chi connectivity index (χ2n) is 6.65. The Bertz CT molecular complexity index is 1280. The minimum absolute atomic E-state index is 0.0483. The summed E-state index contributed by atoms with van der Waals surface area (Å²) in [7, 11) is 1.53. The van der Waals surface area contributed by atoms with Crippen LogP contribution in [0.3, 0.4) is 0 Å². The van der Waals surface area contributed by atoms with E-state index in [2.05, 4.69) is 10.3 Å². The average Bonchev–Trinajstić information content (AvgIpc) is 3.27. The van der Waals surface area contributed by atoms with Crippen LogP contribution in [0.5, 0.6) is 5.75 Å². The Morgan fingerprint density at radius 3 is 2.77 bits per heavy atom. The number of rotatable bonds is 5. The SMILES string of the molecule is COc1cccc2cc(C(=O)NCc3ccco3)c(=Nc3ccc(C)c(F)c3)oc12. The fourth-order valence-electron chi connectivity index (χ4n) is 2.98. The number of nitrogens with zero attached hydrogens (tertiary/aromatic N) is 1. The number of para-hydroxylation sites is 1. The van der Waals surface area contributed by atoms with Gasteiger partial charge in [0, 0.05) is 5.39 Å². The van der Waals surface area contributed by atoms with Crippen LogP contribution in [0.4, 0.5) is 10.1 Å². The molecule has 0 aliphatic carbocycles. The van der Waals surface area contributed by atoms with E-state index < -0.39 is 11.7 Å². The van der Waals surface area contributed by atoms with Crippen molar-refractivity contribution in [1.82, 2.24) is 5.32 Å². The van der Waals surface area contributed by atoms with E-state index in [0.29, 0.717) is 33.7 Å². The first kappa shape index (κ1) is 19.4. The van der Waals surface area contributed by atoms with Crippen LogP contribution in [-0.2, 0) is 6.54 Å². The van der Waals surface area contributed by atoms with Crippen LogP contribution in [-0.4, -0.2) is 13.0 Å². The smallest absolute Gasteiger partial charge is 0.257 e. The fourth-order valence-corrected chi connectivity index (χ4v) is 2.98. The van der Waals surface area contributed by atoms with E-state index in [1.807, 2.05) is 0 Å². The lowest BCUT2D eigenvalue weighted by Crippen LogP contribution is -2.28. The molecule has 30 heavy (non-hydrogen) atoms. The van der Waals surface area contributed by atoms with Crippen LogP contribution in [0.15, 0.2) is 74.7 Å². The lowest BCUT2D eigenvalue weighted by atomic mass is 10.1. The quantitative estimate of drug-likeness (QED) is 0.524. The summed E-state index contributed by atoms with van der Waals surface area (Å²) in [5.74, 6) is 0.327. The lowest BCUT2D eigenvalue weighted by molar-refractivity contribution is 0.0944. The number of halogens is 1. The highest BCUT2D eigenvalue weighted by Gasteiger charge is 2.15. The zero-order valence-electron chi connectivity index (χ0n) is 16.4. The van der Waals surface area contributed by atoms with Gasteiger partial charge < -0.3 is 18.9 Å². The van der Waals surface area contributed by atoms with Gasteiger partial charge in [-0.2, -0.15) is 0 Å². The van der Waals surface area contributed by atoms with Gasteiger partial charge in [0.05, 0.1) is 25.6 Å². The highest BCUT2D eigenvalue weighted by molar-refractivity contribution is 5.97. The maximum absolute atomic E-state index is 14.0. The summed E-state index contributed by atoms with van der Waals surface area (Å²) < 4.78 is 30.5. The number of nitrogens with one attached hydrogen (secondary N) is 1. The van der Waals surface area contributed by atoms with Crippen LogP contribution in [0.2, 0.25) is 0 Å². The molecule has 0 fully saturated rings. The zero-order chi connectivity index (χ0) is 21.1. The molecule has 6 nitrogen and oxygen atoms in total. The molecule has 0 saturated carbocycles. The van der Waals surface area contributed by atoms with E-state index in [1.54, 1.807) is 55.5 Å². The molecule has 2 heterocycles. The Labute approximate surface area is 171 Å². The number of furan rings is 1. The monoisotopic (exact) mass is 406 g/mol. The Balaban J connectivity index is 1.84. The van der Waals surface area contributed by atoms with Crippen molar-refractivity contribution in [2.24, 2.45) is 4.99 Å². The Morgan fingerprint density at radius 1 is 1.17 bits per heavy atom. The molecule has 0 atom stereocenters. The molecular formula is C23H19FN2O4. The minimum atomic E-state index is -0.397. The topological polar surface area (TPSA) is 77.0 Å². The van der Waals surface area contributed by atoms with Gasteiger partial charge in [-0.15, -0.1) is 0 Å². The molecular weight excluding hydrogens is 387 g/mol. The van der Waals surface area contributed by atoms with Crippen molar-refractivity contribution in [2.75, 3.05) is 7.11 Å². The molecule has 0 bridgehead atoms. The molecule has 0 aliphatic heterocycles. The van der Waals surface area contributed by atoms with Crippen molar-refractivity contribution in [1.29, 1.82) is 0 Å². The van der Waals surface area contributed by atoms with Crippen molar-refractivity contribution in [3.8, 4) is 5.75 Å². The molecule has 0 radical (unpaired) electrons. The molecule has 4 rings (SSSR count). The largest absolute Gasteiger partial charge is 0.493 e. The maximum Gasteiger partial charge on any atom is 0.257 e. The van der Waals surface area contributed by atoms with Gasteiger partial charge in [0.15, 0.2) is 11.3 Å². The first-order valence-electron chi connectivity index (χ1n) is 9.27. The van der Waals surface area contributed by atoms with Gasteiger partial charge in [0.1, 0.15) is 17.1 Å². The molecule has 2 aromatic heterocycles. The molecule has 7 heteroatoms. The van der Waals surface area contributed by atoms with Gasteiger partial charge in [-0.3, -0.25) is 4.79 Å². The second kappa shape index (κ2) is 8.24. The number of amides is 1. The van der Waals surface area contributed by atoms with Gasteiger partial charge in [-0.05, 0) is 48.9 Å². The third-order valence-electron chi connectivity index (χ3n) is 4.59. The molecule has 0 saturated heterocycles. The van der Waals surface area contributed by atoms with E-state index in [0.717, 1.165) is 0 Å². The van der Waals surface area contributed by atoms with E-state index >= 15 is 0 Å². The molecule has 1 amide bonds. The van der Waals surface area contributed by atoms with Crippen molar-refractivity contribution < 1.29 is 22.8 Å². The zero-order valence-corrected chi connectivity index (χ0v) is 16.4. The molecule has 1 N–H and O–H groups in total. The van der Waals surface area contributed by atoms with Gasteiger partial charge in [0.2, 0.25) is 5.55 Å². The minimum Gasteiger partial charge on any atom is -0.493 e. The molecule has 0 unspecified atom stereocenters. The first-order chi connectivity index (χ1) is 14.5. The predicted octanol–water partition coefficient (Wildman–Crippen LogP) is 4.64. The summed E-state index contributed by atoms with van der Waals surface area (Å²) in [4.78, 5) is 17.3. The van der Waals surface area contributed by atoms with Gasteiger partial charge in [0.25, 0.3) is 5.91 Å². The summed E-state index contributed by atoms with van der Waals surface area (Å²) in [5.41, 5.74) is 1.53. The van der Waals surface area contributed by atoms with Crippen molar-refractivity contribution in [2.45, 2.75) is 13.5 Å². The number of hydrogen-bond donors (Lipinski definition) is 1. The number of carbonyl (C=O) groups is 1. The lowest BCUT2D eigenvalue weighted by Gasteiger charge is -2.08. The normalized spacial score (nSPS) is 11.6. The summed E-state index contributed by atoms with van der Waals surface area (Å²) in [6, 6.07) is 15.1. The maximum atomic E-state index is 14.0. The fraction of sp³-hybridized carbons (Fsp3) is 0.130. The number of benzene rings is 2. The number of ether oxygens (including phenoxy) is 1. The number of hydrogen-bond acceptors (Lipinski definition) is 5.